The number of anilines is 1. The Kier molecular flexibility index (Phi) is 6.87. The van der Waals surface area contributed by atoms with E-state index in [0.717, 1.165) is 31.5 Å². The molecule has 0 atom stereocenters. The van der Waals surface area contributed by atoms with Gasteiger partial charge >= 0.3 is 6.03 Å². The lowest BCUT2D eigenvalue weighted by atomic mass is 10.0. The molecule has 3 rings (SSSR count). The predicted molar refractivity (Wildman–Crippen MR) is 109 cm³/mol. The van der Waals surface area contributed by atoms with E-state index in [2.05, 4.69) is 29.4 Å². The van der Waals surface area contributed by atoms with Gasteiger partial charge in [-0.2, -0.15) is 0 Å². The van der Waals surface area contributed by atoms with Gasteiger partial charge in [-0.05, 0) is 56.5 Å². The lowest BCUT2D eigenvalue weighted by molar-refractivity contribution is 0.163. The van der Waals surface area contributed by atoms with Gasteiger partial charge in [-0.15, -0.1) is 0 Å². The Labute approximate surface area is 165 Å². The molecular formula is C22H28FN3O2. The van der Waals surface area contributed by atoms with Gasteiger partial charge < -0.3 is 20.3 Å². The Morgan fingerprint density at radius 1 is 1.18 bits per heavy atom. The molecule has 1 heterocycles. The zero-order valence-electron chi connectivity index (χ0n) is 16.5. The third-order valence-corrected chi connectivity index (χ3v) is 5.01. The van der Waals surface area contributed by atoms with Crippen molar-refractivity contribution < 1.29 is 13.9 Å². The van der Waals surface area contributed by atoms with Crippen molar-refractivity contribution in [3.05, 3.63) is 59.9 Å². The maximum Gasteiger partial charge on any atom is 0.319 e. The molecule has 0 aliphatic carbocycles. The Morgan fingerprint density at radius 2 is 1.89 bits per heavy atom. The smallest absolute Gasteiger partial charge is 0.319 e. The summed E-state index contributed by atoms with van der Waals surface area (Å²) < 4.78 is 18.7. The molecule has 0 unspecified atom stereocenters. The van der Waals surface area contributed by atoms with Crippen molar-refractivity contribution in [1.82, 2.24) is 10.2 Å². The van der Waals surface area contributed by atoms with Gasteiger partial charge in [0.15, 0.2) is 0 Å². The summed E-state index contributed by atoms with van der Waals surface area (Å²) in [6, 6.07) is 14.0. The summed E-state index contributed by atoms with van der Waals surface area (Å²) in [5.41, 5.74) is 1.55. The summed E-state index contributed by atoms with van der Waals surface area (Å²) in [7, 11) is 0. The van der Waals surface area contributed by atoms with Crippen LogP contribution in [0.2, 0.25) is 0 Å². The van der Waals surface area contributed by atoms with E-state index in [1.165, 1.54) is 12.1 Å². The van der Waals surface area contributed by atoms with Gasteiger partial charge in [0, 0.05) is 36.9 Å². The monoisotopic (exact) mass is 385 g/mol. The van der Waals surface area contributed by atoms with Crippen LogP contribution in [0.5, 0.6) is 5.75 Å². The third kappa shape index (κ3) is 5.96. The van der Waals surface area contributed by atoms with E-state index in [0.29, 0.717) is 24.1 Å². The van der Waals surface area contributed by atoms with Crippen LogP contribution in [0.25, 0.3) is 0 Å². The van der Waals surface area contributed by atoms with E-state index in [9.17, 15) is 9.18 Å². The number of hydrogen-bond acceptors (Lipinski definition) is 3. The molecule has 1 saturated heterocycles. The number of benzene rings is 2. The zero-order valence-corrected chi connectivity index (χ0v) is 16.5. The second-order valence-corrected chi connectivity index (χ2v) is 7.45. The van der Waals surface area contributed by atoms with Crippen LogP contribution in [0.15, 0.2) is 48.5 Å². The van der Waals surface area contributed by atoms with Gasteiger partial charge in [0.25, 0.3) is 0 Å². The molecule has 1 fully saturated rings. The number of likely N-dealkylation sites (tertiary alicyclic amines) is 1. The van der Waals surface area contributed by atoms with E-state index in [-0.39, 0.29) is 17.9 Å². The summed E-state index contributed by atoms with van der Waals surface area (Å²) in [5, 5.41) is 5.93. The molecule has 0 bridgehead atoms. The highest BCUT2D eigenvalue weighted by Crippen LogP contribution is 2.19. The fourth-order valence-electron chi connectivity index (χ4n) is 3.32. The normalized spacial score (nSPS) is 15.4. The first-order valence-corrected chi connectivity index (χ1v) is 9.78. The van der Waals surface area contributed by atoms with Gasteiger partial charge in [-0.1, -0.05) is 18.2 Å². The topological polar surface area (TPSA) is 53.6 Å². The minimum atomic E-state index is -0.268. The van der Waals surface area contributed by atoms with E-state index in [1.807, 2.05) is 18.2 Å². The first-order chi connectivity index (χ1) is 13.5. The fourth-order valence-corrected chi connectivity index (χ4v) is 3.32. The van der Waals surface area contributed by atoms with Crippen LogP contribution < -0.4 is 15.4 Å². The van der Waals surface area contributed by atoms with Crippen molar-refractivity contribution in [1.29, 1.82) is 0 Å². The number of piperidine rings is 1. The molecule has 2 amide bonds. The Balaban J connectivity index is 1.47. The van der Waals surface area contributed by atoms with Crippen LogP contribution in [0.1, 0.15) is 32.3 Å². The molecule has 0 radical (unpaired) electrons. The predicted octanol–water partition coefficient (Wildman–Crippen LogP) is 4.40. The van der Waals surface area contributed by atoms with E-state index in [1.54, 1.807) is 18.2 Å². The second kappa shape index (κ2) is 9.55. The molecule has 6 heteroatoms. The maximum atomic E-state index is 13.0. The number of halogens is 1. The standard InChI is InChI=1S/C22H28FN3O2/c1-16(2)26-12-10-19(11-13-26)24-22(27)25-20-4-3-5-21(14-20)28-15-17-6-8-18(23)9-7-17/h3-9,14,16,19H,10-13,15H2,1-2H3,(H2,24,25,27). The first-order valence-electron chi connectivity index (χ1n) is 9.78. The molecule has 0 saturated carbocycles. The number of urea groups is 1. The summed E-state index contributed by atoms with van der Waals surface area (Å²) in [6.07, 6.45) is 1.93. The number of nitrogens with one attached hydrogen (secondary N) is 2. The van der Waals surface area contributed by atoms with E-state index >= 15 is 0 Å². The SMILES string of the molecule is CC(C)N1CCC(NC(=O)Nc2cccc(OCc3ccc(F)cc3)c2)CC1. The van der Waals surface area contributed by atoms with Crippen LogP contribution in [0.3, 0.4) is 0 Å². The Bertz CT molecular complexity index is 772. The molecule has 2 aromatic carbocycles. The highest BCUT2D eigenvalue weighted by Gasteiger charge is 2.22. The lowest BCUT2D eigenvalue weighted by Gasteiger charge is -2.34. The quantitative estimate of drug-likeness (QED) is 0.775. The van der Waals surface area contributed by atoms with Crippen molar-refractivity contribution in [2.75, 3.05) is 18.4 Å². The fraction of sp³-hybridized carbons (Fsp3) is 0.409. The van der Waals surface area contributed by atoms with Crippen LogP contribution >= 0.6 is 0 Å². The van der Waals surface area contributed by atoms with Crippen LogP contribution in [-0.2, 0) is 6.61 Å². The highest BCUT2D eigenvalue weighted by atomic mass is 19.1. The average molecular weight is 385 g/mol. The molecule has 28 heavy (non-hydrogen) atoms. The van der Waals surface area contributed by atoms with E-state index < -0.39 is 0 Å². The number of carbonyl (C=O) groups excluding carboxylic acids is 1. The summed E-state index contributed by atoms with van der Waals surface area (Å²) in [4.78, 5) is 14.7. The molecule has 1 aliphatic heterocycles. The number of hydrogen-bond donors (Lipinski definition) is 2. The summed E-state index contributed by atoms with van der Waals surface area (Å²) >= 11 is 0. The third-order valence-electron chi connectivity index (χ3n) is 5.01. The highest BCUT2D eigenvalue weighted by molar-refractivity contribution is 5.89. The van der Waals surface area contributed by atoms with Crippen LogP contribution in [0, 0.1) is 5.82 Å². The molecule has 2 aromatic rings. The van der Waals surface area contributed by atoms with Crippen LogP contribution in [-0.4, -0.2) is 36.1 Å². The number of ether oxygens (including phenoxy) is 1. The van der Waals surface area contributed by atoms with Gasteiger partial charge in [0.05, 0.1) is 0 Å². The molecule has 5 nitrogen and oxygen atoms in total. The van der Waals surface area contributed by atoms with Crippen molar-refractivity contribution in [2.24, 2.45) is 0 Å². The molecule has 150 valence electrons. The Morgan fingerprint density at radius 3 is 2.57 bits per heavy atom. The van der Waals surface area contributed by atoms with Crippen molar-refractivity contribution in [3.63, 3.8) is 0 Å². The number of nitrogens with zero attached hydrogens (tertiary/aromatic N) is 1. The van der Waals surface area contributed by atoms with Gasteiger partial charge in [-0.25, -0.2) is 9.18 Å². The number of amides is 2. The first kappa shape index (κ1) is 20.1. The molecule has 1 aliphatic rings. The Hall–Kier alpha value is -2.60. The summed E-state index contributed by atoms with van der Waals surface area (Å²) in [6.45, 7) is 6.76. The maximum absolute atomic E-state index is 13.0. The zero-order chi connectivity index (χ0) is 19.9. The van der Waals surface area contributed by atoms with Crippen molar-refractivity contribution in [3.8, 4) is 5.75 Å². The molecule has 0 spiro atoms. The molecule has 0 aromatic heterocycles. The van der Waals surface area contributed by atoms with Gasteiger partial charge in [0.2, 0.25) is 0 Å². The van der Waals surface area contributed by atoms with Gasteiger partial charge in [-0.3, -0.25) is 0 Å². The van der Waals surface area contributed by atoms with Gasteiger partial charge in [0.1, 0.15) is 18.2 Å². The minimum Gasteiger partial charge on any atom is -0.489 e. The van der Waals surface area contributed by atoms with Crippen molar-refractivity contribution in [2.45, 2.75) is 45.4 Å². The lowest BCUT2D eigenvalue weighted by Crippen LogP contribution is -2.47. The van der Waals surface area contributed by atoms with Crippen molar-refractivity contribution >= 4 is 11.7 Å². The largest absolute Gasteiger partial charge is 0.489 e. The van der Waals surface area contributed by atoms with E-state index in [4.69, 9.17) is 4.74 Å². The molecular weight excluding hydrogens is 357 g/mol. The van der Waals surface area contributed by atoms with Crippen LogP contribution in [0.4, 0.5) is 14.9 Å². The average Bonchev–Trinajstić information content (AvgIpc) is 2.68. The summed E-state index contributed by atoms with van der Waals surface area (Å²) in [5.74, 6) is 0.378. The second-order valence-electron chi connectivity index (χ2n) is 7.45. The molecule has 2 N–H and O–H groups in total. The number of carbonyl (C=O) groups is 1. The number of rotatable bonds is 6. The minimum absolute atomic E-state index is 0.196.